The van der Waals surface area contributed by atoms with Gasteiger partial charge in [0, 0.05) is 7.05 Å². The van der Waals surface area contributed by atoms with E-state index in [1.807, 2.05) is 7.05 Å². The van der Waals surface area contributed by atoms with Gasteiger partial charge in [0.2, 0.25) is 0 Å². The molecule has 80 valence electrons. The fourth-order valence-electron chi connectivity index (χ4n) is 1.63. The van der Waals surface area contributed by atoms with Gasteiger partial charge in [0.25, 0.3) is 0 Å². The SMILES string of the molecule is CCCc1nn(C)c(CC(C)C)c1O. The van der Waals surface area contributed by atoms with E-state index in [9.17, 15) is 5.11 Å². The Hall–Kier alpha value is -0.990. The molecule has 0 aromatic carbocycles. The van der Waals surface area contributed by atoms with Gasteiger partial charge in [-0.3, -0.25) is 4.68 Å². The molecule has 0 saturated heterocycles. The fourth-order valence-corrected chi connectivity index (χ4v) is 1.63. The number of hydrogen-bond acceptors (Lipinski definition) is 2. The van der Waals surface area contributed by atoms with Gasteiger partial charge >= 0.3 is 0 Å². The van der Waals surface area contributed by atoms with Crippen LogP contribution in [0.2, 0.25) is 0 Å². The molecule has 3 heteroatoms. The molecule has 0 saturated carbocycles. The highest BCUT2D eigenvalue weighted by Gasteiger charge is 2.14. The highest BCUT2D eigenvalue weighted by molar-refractivity contribution is 5.32. The van der Waals surface area contributed by atoms with Crippen molar-refractivity contribution in [1.29, 1.82) is 0 Å². The minimum atomic E-state index is 0.406. The van der Waals surface area contributed by atoms with Crippen molar-refractivity contribution in [1.82, 2.24) is 9.78 Å². The van der Waals surface area contributed by atoms with E-state index in [2.05, 4.69) is 25.9 Å². The maximum absolute atomic E-state index is 9.91. The average molecular weight is 196 g/mol. The van der Waals surface area contributed by atoms with E-state index in [0.29, 0.717) is 11.7 Å². The second-order valence-corrected chi connectivity index (χ2v) is 4.21. The van der Waals surface area contributed by atoms with Gasteiger partial charge in [-0.15, -0.1) is 0 Å². The summed E-state index contributed by atoms with van der Waals surface area (Å²) in [6.07, 6.45) is 2.77. The summed E-state index contributed by atoms with van der Waals surface area (Å²) < 4.78 is 1.81. The number of nitrogens with zero attached hydrogens (tertiary/aromatic N) is 2. The van der Waals surface area contributed by atoms with Crippen LogP contribution in [0.25, 0.3) is 0 Å². The third-order valence-electron chi connectivity index (χ3n) is 2.30. The molecule has 0 atom stereocenters. The van der Waals surface area contributed by atoms with Crippen molar-refractivity contribution in [2.24, 2.45) is 13.0 Å². The van der Waals surface area contributed by atoms with Crippen molar-refractivity contribution in [2.45, 2.75) is 40.0 Å². The quantitative estimate of drug-likeness (QED) is 0.802. The number of aromatic hydroxyl groups is 1. The second kappa shape index (κ2) is 4.49. The Morgan fingerprint density at radius 1 is 1.43 bits per heavy atom. The first-order valence-corrected chi connectivity index (χ1v) is 5.30. The molecule has 0 aliphatic carbocycles. The lowest BCUT2D eigenvalue weighted by atomic mass is 10.1. The monoisotopic (exact) mass is 196 g/mol. The molecule has 0 bridgehead atoms. The Morgan fingerprint density at radius 3 is 2.57 bits per heavy atom. The molecule has 0 spiro atoms. The molecule has 0 amide bonds. The fraction of sp³-hybridized carbons (Fsp3) is 0.727. The lowest BCUT2D eigenvalue weighted by molar-refractivity contribution is 0.452. The topological polar surface area (TPSA) is 38.0 Å². The standard InChI is InChI=1S/C11H20N2O/c1-5-6-9-11(14)10(7-8(2)3)13(4)12-9/h8,14H,5-7H2,1-4H3. The molecular formula is C11H20N2O. The van der Waals surface area contributed by atoms with Crippen LogP contribution in [0.4, 0.5) is 0 Å². The van der Waals surface area contributed by atoms with Crippen molar-refractivity contribution < 1.29 is 5.11 Å². The summed E-state index contributed by atoms with van der Waals surface area (Å²) in [5.74, 6) is 0.953. The molecule has 14 heavy (non-hydrogen) atoms. The van der Waals surface area contributed by atoms with Crippen LogP contribution >= 0.6 is 0 Å². The lowest BCUT2D eigenvalue weighted by Crippen LogP contribution is -2.02. The number of rotatable bonds is 4. The molecule has 0 aliphatic rings. The zero-order valence-corrected chi connectivity index (χ0v) is 9.54. The summed E-state index contributed by atoms with van der Waals surface area (Å²) in [5, 5.41) is 14.2. The Balaban J connectivity index is 2.92. The lowest BCUT2D eigenvalue weighted by Gasteiger charge is -2.05. The third-order valence-corrected chi connectivity index (χ3v) is 2.30. The molecular weight excluding hydrogens is 176 g/mol. The molecule has 0 fully saturated rings. The van der Waals surface area contributed by atoms with Crippen LogP contribution in [0.5, 0.6) is 5.75 Å². The van der Waals surface area contributed by atoms with E-state index in [-0.39, 0.29) is 0 Å². The second-order valence-electron chi connectivity index (χ2n) is 4.21. The van der Waals surface area contributed by atoms with Gasteiger partial charge < -0.3 is 5.11 Å². The van der Waals surface area contributed by atoms with E-state index >= 15 is 0 Å². The highest BCUT2D eigenvalue weighted by atomic mass is 16.3. The predicted octanol–water partition coefficient (Wildman–Crippen LogP) is 2.28. The van der Waals surface area contributed by atoms with Gasteiger partial charge in [-0.1, -0.05) is 27.2 Å². The molecule has 1 aromatic heterocycles. The zero-order valence-electron chi connectivity index (χ0n) is 9.54. The summed E-state index contributed by atoms with van der Waals surface area (Å²) >= 11 is 0. The molecule has 1 rings (SSSR count). The van der Waals surface area contributed by atoms with Gasteiger partial charge in [-0.05, 0) is 18.8 Å². The highest BCUT2D eigenvalue weighted by Crippen LogP contribution is 2.24. The first-order chi connectivity index (χ1) is 6.56. The summed E-state index contributed by atoms with van der Waals surface area (Å²) in [4.78, 5) is 0. The molecule has 1 N–H and O–H groups in total. The van der Waals surface area contributed by atoms with Crippen molar-refractivity contribution in [3.8, 4) is 5.75 Å². The van der Waals surface area contributed by atoms with Gasteiger partial charge in [0.05, 0.1) is 5.69 Å². The first kappa shape index (κ1) is 11.1. The van der Waals surface area contributed by atoms with E-state index in [1.54, 1.807) is 4.68 Å². The Labute approximate surface area is 85.8 Å². The molecule has 1 heterocycles. The number of aromatic nitrogens is 2. The normalized spacial score (nSPS) is 11.2. The van der Waals surface area contributed by atoms with Crippen molar-refractivity contribution in [3.05, 3.63) is 11.4 Å². The number of aryl methyl sites for hydroxylation is 2. The summed E-state index contributed by atoms with van der Waals surface area (Å²) in [6.45, 7) is 6.38. The minimum Gasteiger partial charge on any atom is -0.504 e. The predicted molar refractivity (Wildman–Crippen MR) is 57.4 cm³/mol. The van der Waals surface area contributed by atoms with Crippen LogP contribution in [0.1, 0.15) is 38.6 Å². The van der Waals surface area contributed by atoms with Gasteiger partial charge in [-0.25, -0.2) is 0 Å². The smallest absolute Gasteiger partial charge is 0.160 e. The van der Waals surface area contributed by atoms with Crippen LogP contribution in [-0.4, -0.2) is 14.9 Å². The minimum absolute atomic E-state index is 0.406. The van der Waals surface area contributed by atoms with Crippen LogP contribution < -0.4 is 0 Å². The van der Waals surface area contributed by atoms with Crippen molar-refractivity contribution >= 4 is 0 Å². The first-order valence-electron chi connectivity index (χ1n) is 5.30. The maximum Gasteiger partial charge on any atom is 0.160 e. The Kier molecular flexibility index (Phi) is 3.55. The Morgan fingerprint density at radius 2 is 2.07 bits per heavy atom. The summed E-state index contributed by atoms with van der Waals surface area (Å²) in [7, 11) is 1.90. The molecule has 0 aliphatic heterocycles. The van der Waals surface area contributed by atoms with E-state index < -0.39 is 0 Å². The zero-order chi connectivity index (χ0) is 10.7. The summed E-state index contributed by atoms with van der Waals surface area (Å²) in [5.41, 5.74) is 1.80. The van der Waals surface area contributed by atoms with Gasteiger partial charge in [-0.2, -0.15) is 5.10 Å². The van der Waals surface area contributed by atoms with Crippen molar-refractivity contribution in [2.75, 3.05) is 0 Å². The Bertz CT molecular complexity index is 302. The van der Waals surface area contributed by atoms with E-state index in [1.165, 1.54) is 0 Å². The van der Waals surface area contributed by atoms with Crippen LogP contribution in [-0.2, 0) is 19.9 Å². The van der Waals surface area contributed by atoms with Gasteiger partial charge in [0.15, 0.2) is 5.75 Å². The third kappa shape index (κ3) is 2.28. The van der Waals surface area contributed by atoms with Gasteiger partial charge in [0.1, 0.15) is 5.69 Å². The maximum atomic E-state index is 9.91. The molecule has 3 nitrogen and oxygen atoms in total. The van der Waals surface area contributed by atoms with Crippen LogP contribution in [0, 0.1) is 5.92 Å². The van der Waals surface area contributed by atoms with E-state index in [4.69, 9.17) is 0 Å². The van der Waals surface area contributed by atoms with E-state index in [0.717, 1.165) is 30.7 Å². The molecule has 0 unspecified atom stereocenters. The number of hydrogen-bond donors (Lipinski definition) is 1. The van der Waals surface area contributed by atoms with Crippen molar-refractivity contribution in [3.63, 3.8) is 0 Å². The summed E-state index contributed by atoms with van der Waals surface area (Å²) in [6, 6.07) is 0. The largest absolute Gasteiger partial charge is 0.504 e. The van der Waals surface area contributed by atoms with Crippen LogP contribution in [0.15, 0.2) is 0 Å². The average Bonchev–Trinajstić information content (AvgIpc) is 2.33. The molecule has 0 radical (unpaired) electrons. The van der Waals surface area contributed by atoms with Crippen LogP contribution in [0.3, 0.4) is 0 Å². The molecule has 1 aromatic rings.